The van der Waals surface area contributed by atoms with Gasteiger partial charge in [-0.1, -0.05) is 66.7 Å². The van der Waals surface area contributed by atoms with Crippen LogP contribution in [0.5, 0.6) is 0 Å². The normalized spacial score (nSPS) is 18.5. The van der Waals surface area contributed by atoms with Crippen LogP contribution >= 0.6 is 7.14 Å². The molecule has 1 aliphatic rings. The van der Waals surface area contributed by atoms with Crippen LogP contribution < -0.4 is 10.6 Å². The Hall–Kier alpha value is -1.67. The summed E-state index contributed by atoms with van der Waals surface area (Å²) in [5.74, 6) is 1.86. The summed E-state index contributed by atoms with van der Waals surface area (Å²) in [6, 6.07) is 19.4. The fourth-order valence-electron chi connectivity index (χ4n) is 2.95. The van der Waals surface area contributed by atoms with Gasteiger partial charge in [0.15, 0.2) is 13.4 Å². The predicted octanol–water partition coefficient (Wildman–Crippen LogP) is 4.45. The first-order chi connectivity index (χ1) is 12.3. The average Bonchev–Trinajstić information content (AvgIpc) is 2.70. The van der Waals surface area contributed by atoms with Crippen molar-refractivity contribution in [3.63, 3.8) is 0 Å². The van der Waals surface area contributed by atoms with Gasteiger partial charge in [-0.15, -0.1) is 0 Å². The topological polar surface area (TPSA) is 35.5 Å². The Balaban J connectivity index is 1.67. The third-order valence-corrected chi connectivity index (χ3v) is 7.08. The Bertz CT molecular complexity index is 663. The summed E-state index contributed by atoms with van der Waals surface area (Å²) in [5.41, 5.74) is 0. The quantitative estimate of drug-likeness (QED) is 0.543. The van der Waals surface area contributed by atoms with Gasteiger partial charge in [-0.2, -0.15) is 0 Å². The Labute approximate surface area is 150 Å². The molecule has 2 aromatic rings. The van der Waals surface area contributed by atoms with Gasteiger partial charge in [0, 0.05) is 17.2 Å². The predicted molar refractivity (Wildman–Crippen MR) is 103 cm³/mol. The molecule has 1 saturated heterocycles. The van der Waals surface area contributed by atoms with E-state index in [2.05, 4.69) is 0 Å². The maximum absolute atomic E-state index is 13.7. The van der Waals surface area contributed by atoms with Crippen LogP contribution in [0.3, 0.4) is 0 Å². The van der Waals surface area contributed by atoms with Crippen LogP contribution in [0.2, 0.25) is 0 Å². The van der Waals surface area contributed by atoms with Gasteiger partial charge in [-0.25, -0.2) is 0 Å². The second-order valence-corrected chi connectivity index (χ2v) is 8.82. The van der Waals surface area contributed by atoms with Crippen molar-refractivity contribution in [3.8, 4) is 0 Å². The summed E-state index contributed by atoms with van der Waals surface area (Å²) in [7, 11) is -2.76. The first-order valence-electron chi connectivity index (χ1n) is 8.91. The highest BCUT2D eigenvalue weighted by atomic mass is 31.2. The zero-order valence-corrected chi connectivity index (χ0v) is 15.3. The molecule has 0 amide bonds. The molecule has 0 aliphatic carbocycles. The molecule has 0 saturated carbocycles. The highest BCUT2D eigenvalue weighted by molar-refractivity contribution is 7.81. The molecule has 1 aliphatic heterocycles. The van der Waals surface area contributed by atoms with Crippen LogP contribution in [-0.4, -0.2) is 19.5 Å². The molecule has 4 heteroatoms. The van der Waals surface area contributed by atoms with Gasteiger partial charge in [-0.3, -0.25) is 0 Å². The lowest BCUT2D eigenvalue weighted by Crippen LogP contribution is -2.22. The minimum Gasteiger partial charge on any atom is -0.353 e. The van der Waals surface area contributed by atoms with Crippen LogP contribution in [0.4, 0.5) is 0 Å². The number of hydrogen-bond acceptors (Lipinski definition) is 3. The Morgan fingerprint density at radius 1 is 1.00 bits per heavy atom. The van der Waals surface area contributed by atoms with Crippen molar-refractivity contribution in [2.24, 2.45) is 0 Å². The lowest BCUT2D eigenvalue weighted by molar-refractivity contribution is -0.161. The number of hydrogen-bond donors (Lipinski definition) is 0. The Kier molecular flexibility index (Phi) is 6.63. The molecular weight excluding hydrogens is 331 g/mol. The highest BCUT2D eigenvalue weighted by Gasteiger charge is 2.23. The fourth-order valence-corrected chi connectivity index (χ4v) is 5.27. The molecule has 132 valence electrons. The molecule has 25 heavy (non-hydrogen) atoms. The number of ether oxygens (including phenoxy) is 2. The van der Waals surface area contributed by atoms with E-state index in [4.69, 9.17) is 9.47 Å². The van der Waals surface area contributed by atoms with Crippen LogP contribution in [0, 0.1) is 0 Å². The zero-order valence-electron chi connectivity index (χ0n) is 14.4. The van der Waals surface area contributed by atoms with E-state index >= 15 is 0 Å². The molecule has 1 heterocycles. The molecule has 3 nitrogen and oxygen atoms in total. The van der Waals surface area contributed by atoms with Gasteiger partial charge in [-0.05, 0) is 31.5 Å². The monoisotopic (exact) mass is 356 g/mol. The standard InChI is InChI=1S/C21H25O3P/c22-25(19-11-3-1-4-12-19,20-13-5-2-6-14-20)18-10-9-17-24-21-15-7-8-16-23-21/h1-6,10-14,18,21H,7-9,15-17H2/b18-10+. The molecule has 0 radical (unpaired) electrons. The van der Waals surface area contributed by atoms with E-state index in [0.717, 1.165) is 42.9 Å². The fraction of sp³-hybridized carbons (Fsp3) is 0.333. The van der Waals surface area contributed by atoms with Crippen molar-refractivity contribution in [1.82, 2.24) is 0 Å². The van der Waals surface area contributed by atoms with Gasteiger partial charge >= 0.3 is 0 Å². The first-order valence-corrected chi connectivity index (χ1v) is 10.7. The summed E-state index contributed by atoms with van der Waals surface area (Å²) < 4.78 is 25.0. The van der Waals surface area contributed by atoms with Gasteiger partial charge in [0.05, 0.1) is 6.61 Å². The molecule has 2 aromatic carbocycles. The molecule has 0 spiro atoms. The van der Waals surface area contributed by atoms with E-state index in [0.29, 0.717) is 6.61 Å². The third-order valence-electron chi connectivity index (χ3n) is 4.32. The van der Waals surface area contributed by atoms with Crippen LogP contribution in [0.15, 0.2) is 72.6 Å². The minimum absolute atomic E-state index is 0.0720. The molecule has 1 fully saturated rings. The van der Waals surface area contributed by atoms with Crippen LogP contribution in [0.25, 0.3) is 0 Å². The van der Waals surface area contributed by atoms with E-state index in [1.165, 1.54) is 0 Å². The molecule has 1 unspecified atom stereocenters. The average molecular weight is 356 g/mol. The largest absolute Gasteiger partial charge is 0.353 e. The van der Waals surface area contributed by atoms with Crippen LogP contribution in [0.1, 0.15) is 25.7 Å². The lowest BCUT2D eigenvalue weighted by atomic mass is 10.2. The maximum Gasteiger partial charge on any atom is 0.163 e. The Morgan fingerprint density at radius 3 is 2.20 bits per heavy atom. The van der Waals surface area contributed by atoms with Crippen molar-refractivity contribution in [1.29, 1.82) is 0 Å². The molecule has 0 N–H and O–H groups in total. The smallest absolute Gasteiger partial charge is 0.163 e. The van der Waals surface area contributed by atoms with Crippen molar-refractivity contribution >= 4 is 17.8 Å². The third kappa shape index (κ3) is 4.92. The van der Waals surface area contributed by atoms with Gasteiger partial charge in [0.1, 0.15) is 0 Å². The molecule has 1 atom stereocenters. The molecule has 3 rings (SSSR count). The summed E-state index contributed by atoms with van der Waals surface area (Å²) in [6.45, 7) is 1.38. The summed E-state index contributed by atoms with van der Waals surface area (Å²) in [4.78, 5) is 0. The SMILES string of the molecule is O=P(/C=C/CCOC1CCCCO1)(c1ccccc1)c1ccccc1. The first kappa shape index (κ1) is 18.1. The second kappa shape index (κ2) is 9.15. The maximum atomic E-state index is 13.7. The van der Waals surface area contributed by atoms with Crippen molar-refractivity contribution in [2.75, 3.05) is 13.2 Å². The molecular formula is C21H25O3P. The Morgan fingerprint density at radius 2 is 1.64 bits per heavy atom. The molecule has 0 bridgehead atoms. The lowest BCUT2D eigenvalue weighted by Gasteiger charge is -2.22. The van der Waals surface area contributed by atoms with Crippen LogP contribution in [-0.2, 0) is 14.0 Å². The van der Waals surface area contributed by atoms with Crippen molar-refractivity contribution in [3.05, 3.63) is 72.6 Å². The zero-order chi connectivity index (χ0) is 17.4. The minimum atomic E-state index is -2.76. The van der Waals surface area contributed by atoms with Gasteiger partial charge in [0.2, 0.25) is 0 Å². The van der Waals surface area contributed by atoms with Gasteiger partial charge < -0.3 is 14.0 Å². The van der Waals surface area contributed by atoms with E-state index in [1.807, 2.05) is 72.6 Å². The second-order valence-electron chi connectivity index (χ2n) is 6.17. The number of benzene rings is 2. The highest BCUT2D eigenvalue weighted by Crippen LogP contribution is 2.44. The van der Waals surface area contributed by atoms with E-state index < -0.39 is 7.14 Å². The summed E-state index contributed by atoms with van der Waals surface area (Å²) >= 11 is 0. The van der Waals surface area contributed by atoms with Crippen molar-refractivity contribution < 1.29 is 14.0 Å². The summed E-state index contributed by atoms with van der Waals surface area (Å²) in [5, 5.41) is 1.71. The van der Waals surface area contributed by atoms with Crippen molar-refractivity contribution in [2.45, 2.75) is 32.0 Å². The van der Waals surface area contributed by atoms with Gasteiger partial charge in [0.25, 0.3) is 0 Å². The van der Waals surface area contributed by atoms with E-state index in [9.17, 15) is 4.57 Å². The number of rotatable bonds is 7. The molecule has 0 aromatic heterocycles. The van der Waals surface area contributed by atoms with E-state index in [-0.39, 0.29) is 6.29 Å². The summed E-state index contributed by atoms with van der Waals surface area (Å²) in [6.07, 6.45) is 5.88. The van der Waals surface area contributed by atoms with E-state index in [1.54, 1.807) is 0 Å².